The molecule has 5 nitrogen and oxygen atoms in total. The predicted octanol–water partition coefficient (Wildman–Crippen LogP) is 0.954. The molecular weight excluding hydrogens is 196 g/mol. The molecule has 0 spiro atoms. The van der Waals surface area contributed by atoms with Crippen LogP contribution in [0.4, 0.5) is 4.79 Å². The summed E-state index contributed by atoms with van der Waals surface area (Å²) in [5.74, 6) is 0. The molecule has 1 aliphatic rings. The van der Waals surface area contributed by atoms with Gasteiger partial charge in [0, 0.05) is 13.1 Å². The zero-order valence-corrected chi connectivity index (χ0v) is 9.45. The Balaban J connectivity index is 2.54. The fraction of sp³-hybridized carbons (Fsp3) is 0.800. The van der Waals surface area contributed by atoms with Crippen molar-refractivity contribution >= 4 is 12.4 Å². The topological polar surface area (TPSA) is 49.9 Å². The van der Waals surface area contributed by atoms with Crippen molar-refractivity contribution in [2.24, 2.45) is 0 Å². The first kappa shape index (κ1) is 12.0. The number of rotatable bonds is 3. The standard InChI is InChI=1S/C10H17N2O3/c1-10(2,3)15-9(14)12(7-8-13)11-5-4-6-11/h4-7H2,1-3H3. The molecule has 5 heteroatoms. The van der Waals surface area contributed by atoms with Crippen LogP contribution in [-0.4, -0.2) is 47.6 Å². The van der Waals surface area contributed by atoms with Crippen LogP contribution in [0.5, 0.6) is 0 Å². The van der Waals surface area contributed by atoms with Gasteiger partial charge in [-0.15, -0.1) is 0 Å². The summed E-state index contributed by atoms with van der Waals surface area (Å²) < 4.78 is 5.18. The van der Waals surface area contributed by atoms with Crippen LogP contribution in [0.25, 0.3) is 0 Å². The van der Waals surface area contributed by atoms with Crippen molar-refractivity contribution < 1.29 is 14.3 Å². The summed E-state index contributed by atoms with van der Waals surface area (Å²) in [5.41, 5.74) is -0.539. The van der Waals surface area contributed by atoms with E-state index in [-0.39, 0.29) is 6.54 Å². The van der Waals surface area contributed by atoms with E-state index in [9.17, 15) is 9.59 Å². The number of hydrogen-bond acceptors (Lipinski definition) is 4. The van der Waals surface area contributed by atoms with E-state index < -0.39 is 11.7 Å². The normalized spacial score (nSPS) is 16.7. The van der Waals surface area contributed by atoms with E-state index in [0.29, 0.717) is 0 Å². The molecule has 1 fully saturated rings. The third kappa shape index (κ3) is 3.51. The molecule has 0 aliphatic carbocycles. The van der Waals surface area contributed by atoms with E-state index in [1.807, 2.05) is 0 Å². The number of nitrogens with zero attached hydrogens (tertiary/aromatic N) is 2. The molecule has 1 saturated heterocycles. The molecule has 0 saturated carbocycles. The molecule has 0 atom stereocenters. The van der Waals surface area contributed by atoms with Gasteiger partial charge < -0.3 is 4.74 Å². The van der Waals surface area contributed by atoms with Gasteiger partial charge >= 0.3 is 6.09 Å². The molecule has 85 valence electrons. The van der Waals surface area contributed by atoms with E-state index in [4.69, 9.17) is 4.74 Å². The van der Waals surface area contributed by atoms with Crippen LogP contribution in [0.3, 0.4) is 0 Å². The van der Waals surface area contributed by atoms with E-state index in [1.165, 1.54) is 5.01 Å². The van der Waals surface area contributed by atoms with Crippen LogP contribution >= 0.6 is 0 Å². The van der Waals surface area contributed by atoms with Gasteiger partial charge in [0.15, 0.2) is 0 Å². The number of ether oxygens (including phenoxy) is 1. The lowest BCUT2D eigenvalue weighted by atomic mass is 10.2. The van der Waals surface area contributed by atoms with Gasteiger partial charge in [0.25, 0.3) is 0 Å². The van der Waals surface area contributed by atoms with Gasteiger partial charge in [-0.2, -0.15) is 0 Å². The highest BCUT2D eigenvalue weighted by atomic mass is 16.6. The molecule has 0 N–H and O–H groups in total. The van der Waals surface area contributed by atoms with Gasteiger partial charge in [-0.05, 0) is 27.2 Å². The van der Waals surface area contributed by atoms with Crippen molar-refractivity contribution in [3.63, 3.8) is 0 Å². The Morgan fingerprint density at radius 2 is 2.07 bits per heavy atom. The number of hydrazine groups is 1. The number of amides is 1. The van der Waals surface area contributed by atoms with Crippen molar-refractivity contribution in [2.75, 3.05) is 19.6 Å². The minimum Gasteiger partial charge on any atom is -0.443 e. The predicted molar refractivity (Wildman–Crippen MR) is 54.8 cm³/mol. The molecule has 15 heavy (non-hydrogen) atoms. The number of carbonyl (C=O) groups excluding carboxylic acids is 2. The molecule has 1 aliphatic heterocycles. The third-order valence-corrected chi connectivity index (χ3v) is 1.99. The monoisotopic (exact) mass is 213 g/mol. The lowest BCUT2D eigenvalue weighted by molar-refractivity contribution is -0.0718. The molecule has 0 aromatic heterocycles. The van der Waals surface area contributed by atoms with Crippen LogP contribution < -0.4 is 0 Å². The van der Waals surface area contributed by atoms with Crippen molar-refractivity contribution in [1.29, 1.82) is 0 Å². The second-order valence-corrected chi connectivity index (χ2v) is 4.49. The first-order valence-electron chi connectivity index (χ1n) is 5.04. The maximum absolute atomic E-state index is 11.7. The van der Waals surface area contributed by atoms with Crippen molar-refractivity contribution in [3.8, 4) is 0 Å². The molecule has 1 amide bonds. The Kier molecular flexibility index (Phi) is 3.68. The highest BCUT2D eigenvalue weighted by Gasteiger charge is 2.29. The minimum absolute atomic E-state index is 0.0606. The molecular formula is C10H17N2O3. The summed E-state index contributed by atoms with van der Waals surface area (Å²) >= 11 is 0. The van der Waals surface area contributed by atoms with Gasteiger partial charge in [-0.3, -0.25) is 4.79 Å². The Morgan fingerprint density at radius 3 is 2.40 bits per heavy atom. The summed E-state index contributed by atoms with van der Waals surface area (Å²) in [7, 11) is 0. The zero-order valence-electron chi connectivity index (χ0n) is 9.45. The smallest absolute Gasteiger partial charge is 0.425 e. The minimum atomic E-state index is -0.539. The summed E-state index contributed by atoms with van der Waals surface area (Å²) in [6.45, 7) is 6.91. The van der Waals surface area contributed by atoms with Gasteiger partial charge in [-0.1, -0.05) is 0 Å². The van der Waals surface area contributed by atoms with E-state index in [1.54, 1.807) is 32.1 Å². The molecule has 0 aromatic carbocycles. The highest BCUT2D eigenvalue weighted by molar-refractivity contribution is 5.71. The first-order valence-corrected chi connectivity index (χ1v) is 5.04. The summed E-state index contributed by atoms with van der Waals surface area (Å²) in [5, 5.41) is 3.10. The lowest BCUT2D eigenvalue weighted by Gasteiger charge is -2.39. The number of carbonyl (C=O) groups is 1. The van der Waals surface area contributed by atoms with E-state index in [2.05, 4.69) is 0 Å². The van der Waals surface area contributed by atoms with Crippen LogP contribution in [0.2, 0.25) is 0 Å². The molecule has 1 radical (unpaired) electrons. The highest BCUT2D eigenvalue weighted by Crippen LogP contribution is 2.15. The van der Waals surface area contributed by atoms with Crippen LogP contribution in [0.1, 0.15) is 27.2 Å². The summed E-state index contributed by atoms with van der Waals surface area (Å²) in [4.78, 5) is 22.0. The Hall–Kier alpha value is -1.10. The van der Waals surface area contributed by atoms with Crippen LogP contribution in [-0.2, 0) is 9.53 Å². The fourth-order valence-corrected chi connectivity index (χ4v) is 1.20. The van der Waals surface area contributed by atoms with Crippen LogP contribution in [0.15, 0.2) is 0 Å². The maximum Gasteiger partial charge on any atom is 0.425 e. The third-order valence-electron chi connectivity index (χ3n) is 1.99. The van der Waals surface area contributed by atoms with Crippen molar-refractivity contribution in [3.05, 3.63) is 0 Å². The quantitative estimate of drug-likeness (QED) is 0.700. The Morgan fingerprint density at radius 1 is 1.47 bits per heavy atom. The second kappa shape index (κ2) is 4.61. The van der Waals surface area contributed by atoms with Crippen molar-refractivity contribution in [1.82, 2.24) is 10.0 Å². The van der Waals surface area contributed by atoms with Gasteiger partial charge in [-0.25, -0.2) is 14.8 Å². The Bertz CT molecular complexity index is 244. The summed E-state index contributed by atoms with van der Waals surface area (Å²) in [6.07, 6.45) is 2.28. The lowest BCUT2D eigenvalue weighted by Crippen LogP contribution is -2.54. The zero-order chi connectivity index (χ0) is 11.5. The van der Waals surface area contributed by atoms with E-state index in [0.717, 1.165) is 19.5 Å². The average molecular weight is 213 g/mol. The van der Waals surface area contributed by atoms with Gasteiger partial charge in [0.2, 0.25) is 6.29 Å². The van der Waals surface area contributed by atoms with Crippen LogP contribution in [0, 0.1) is 0 Å². The largest absolute Gasteiger partial charge is 0.443 e. The second-order valence-electron chi connectivity index (χ2n) is 4.49. The molecule has 0 unspecified atom stereocenters. The van der Waals surface area contributed by atoms with Gasteiger partial charge in [0.05, 0.1) is 0 Å². The first-order chi connectivity index (χ1) is 6.94. The molecule has 1 heterocycles. The molecule has 0 bridgehead atoms. The SMILES string of the molecule is CC(C)(C)OC(=O)N(C[C]=O)N1CCC1. The summed E-state index contributed by atoms with van der Waals surface area (Å²) in [6, 6.07) is 0. The maximum atomic E-state index is 11.7. The molecule has 0 aromatic rings. The number of hydrogen-bond donors (Lipinski definition) is 0. The van der Waals surface area contributed by atoms with Crippen molar-refractivity contribution in [2.45, 2.75) is 32.8 Å². The van der Waals surface area contributed by atoms with E-state index >= 15 is 0 Å². The molecule has 1 rings (SSSR count). The average Bonchev–Trinajstić information content (AvgIpc) is 1.96. The van der Waals surface area contributed by atoms with Gasteiger partial charge in [0.1, 0.15) is 12.1 Å². The fourth-order valence-electron chi connectivity index (χ4n) is 1.20. The Labute approximate surface area is 89.9 Å².